The largest absolute Gasteiger partial charge is 0.481 e. The SMILES string of the molecule is Cc1cccc(C)c1-c1cc(C(CC(=O)O)NC(=O)C(CC(C)C)n2cc(CN3CC(F)(F)C3)ccc2=O)cs1. The number of likely N-dealkylation sites (tertiary alicyclic amines) is 1. The fourth-order valence-corrected chi connectivity index (χ4v) is 6.36. The van der Waals surface area contributed by atoms with Crippen LogP contribution in [0.3, 0.4) is 0 Å². The number of thiophene rings is 1. The number of nitrogens with one attached hydrogen (secondary N) is 1. The number of aromatic nitrogens is 1. The van der Waals surface area contributed by atoms with Gasteiger partial charge in [-0.2, -0.15) is 0 Å². The number of carbonyl (C=O) groups excluding carboxylic acids is 1. The minimum absolute atomic E-state index is 0.0510. The third kappa shape index (κ3) is 7.03. The number of rotatable bonds is 11. The lowest BCUT2D eigenvalue weighted by Crippen LogP contribution is -2.55. The van der Waals surface area contributed by atoms with E-state index in [0.717, 1.165) is 21.6 Å². The molecule has 3 heterocycles. The summed E-state index contributed by atoms with van der Waals surface area (Å²) in [6, 6.07) is 9.20. The van der Waals surface area contributed by atoms with Crippen LogP contribution in [-0.2, 0) is 16.1 Å². The van der Waals surface area contributed by atoms with Crippen LogP contribution in [0.25, 0.3) is 10.4 Å². The highest BCUT2D eigenvalue weighted by atomic mass is 32.1. The fourth-order valence-electron chi connectivity index (χ4n) is 5.22. The van der Waals surface area contributed by atoms with Crippen molar-refractivity contribution in [3.63, 3.8) is 0 Å². The maximum Gasteiger partial charge on any atom is 0.305 e. The number of aliphatic carboxylic acids is 1. The molecule has 7 nitrogen and oxygen atoms in total. The van der Waals surface area contributed by atoms with Crippen molar-refractivity contribution in [2.24, 2.45) is 5.92 Å². The van der Waals surface area contributed by atoms with Crippen molar-refractivity contribution >= 4 is 23.2 Å². The van der Waals surface area contributed by atoms with Gasteiger partial charge in [0.05, 0.1) is 25.6 Å². The first kappa shape index (κ1) is 29.6. The van der Waals surface area contributed by atoms with Crippen LogP contribution in [0.2, 0.25) is 0 Å². The molecule has 1 saturated heterocycles. The third-order valence-corrected chi connectivity index (χ3v) is 8.06. The highest BCUT2D eigenvalue weighted by molar-refractivity contribution is 7.13. The van der Waals surface area contributed by atoms with E-state index in [-0.39, 0.29) is 37.5 Å². The molecule has 1 aromatic carbocycles. The summed E-state index contributed by atoms with van der Waals surface area (Å²) in [4.78, 5) is 40.9. The molecule has 0 radical (unpaired) electrons. The Labute approximate surface area is 236 Å². The number of nitrogens with zero attached hydrogens (tertiary/aromatic N) is 2. The molecule has 214 valence electrons. The molecule has 4 rings (SSSR count). The third-order valence-electron chi connectivity index (χ3n) is 7.09. The summed E-state index contributed by atoms with van der Waals surface area (Å²) in [5.41, 5.74) is 4.23. The number of carboxylic acids is 1. The van der Waals surface area contributed by atoms with Crippen LogP contribution in [0, 0.1) is 19.8 Å². The average Bonchev–Trinajstić information content (AvgIpc) is 3.31. The van der Waals surface area contributed by atoms with Gasteiger partial charge < -0.3 is 15.0 Å². The summed E-state index contributed by atoms with van der Waals surface area (Å²) < 4.78 is 28.0. The molecule has 10 heteroatoms. The van der Waals surface area contributed by atoms with E-state index in [4.69, 9.17) is 0 Å². The van der Waals surface area contributed by atoms with E-state index in [0.29, 0.717) is 17.5 Å². The lowest BCUT2D eigenvalue weighted by Gasteiger charge is -2.38. The molecule has 1 aliphatic heterocycles. The quantitative estimate of drug-likeness (QED) is 0.314. The molecule has 0 spiro atoms. The Balaban J connectivity index is 1.60. The van der Waals surface area contributed by atoms with Gasteiger partial charge in [-0.3, -0.25) is 19.3 Å². The van der Waals surface area contributed by atoms with Crippen molar-refractivity contribution in [3.8, 4) is 10.4 Å². The topological polar surface area (TPSA) is 91.6 Å². The first-order valence-corrected chi connectivity index (χ1v) is 14.2. The minimum Gasteiger partial charge on any atom is -0.481 e. The first-order valence-electron chi connectivity index (χ1n) is 13.3. The number of benzene rings is 1. The van der Waals surface area contributed by atoms with Crippen LogP contribution >= 0.6 is 11.3 Å². The molecule has 0 saturated carbocycles. The number of alkyl halides is 2. The summed E-state index contributed by atoms with van der Waals surface area (Å²) in [5.74, 6) is -4.17. The molecule has 1 fully saturated rings. The summed E-state index contributed by atoms with van der Waals surface area (Å²) in [5, 5.41) is 14.4. The van der Waals surface area contributed by atoms with Gasteiger partial charge in [-0.1, -0.05) is 38.1 Å². The van der Waals surface area contributed by atoms with Gasteiger partial charge in [-0.15, -0.1) is 11.3 Å². The molecule has 0 aliphatic carbocycles. The number of amides is 1. The Morgan fingerprint density at radius 3 is 2.40 bits per heavy atom. The van der Waals surface area contributed by atoms with Gasteiger partial charge in [0.25, 0.3) is 11.5 Å². The highest BCUT2D eigenvalue weighted by Gasteiger charge is 2.43. The van der Waals surface area contributed by atoms with E-state index < -0.39 is 29.9 Å². The van der Waals surface area contributed by atoms with Crippen LogP contribution < -0.4 is 10.9 Å². The summed E-state index contributed by atoms with van der Waals surface area (Å²) in [7, 11) is 0. The summed E-state index contributed by atoms with van der Waals surface area (Å²) in [6.45, 7) is 7.46. The van der Waals surface area contributed by atoms with E-state index in [9.17, 15) is 28.3 Å². The Hall–Kier alpha value is -3.37. The van der Waals surface area contributed by atoms with E-state index in [2.05, 4.69) is 5.32 Å². The number of aryl methyl sites for hydroxylation is 2. The number of hydrogen-bond donors (Lipinski definition) is 2. The Morgan fingerprint density at radius 2 is 1.80 bits per heavy atom. The maximum atomic E-state index is 13.7. The lowest BCUT2D eigenvalue weighted by molar-refractivity contribution is -0.138. The fraction of sp³-hybridized carbons (Fsp3) is 0.433. The van der Waals surface area contributed by atoms with Crippen LogP contribution in [-0.4, -0.2) is 45.5 Å². The molecule has 0 bridgehead atoms. The van der Waals surface area contributed by atoms with Crippen LogP contribution in [0.1, 0.15) is 61.0 Å². The van der Waals surface area contributed by atoms with Gasteiger partial charge >= 0.3 is 5.97 Å². The van der Waals surface area contributed by atoms with E-state index in [1.54, 1.807) is 17.2 Å². The lowest BCUT2D eigenvalue weighted by atomic mass is 9.98. The second-order valence-electron chi connectivity index (χ2n) is 11.1. The van der Waals surface area contributed by atoms with Crippen LogP contribution in [0.4, 0.5) is 8.78 Å². The zero-order valence-corrected chi connectivity index (χ0v) is 23.9. The summed E-state index contributed by atoms with van der Waals surface area (Å²) in [6.07, 6.45) is 1.58. The Bertz CT molecular complexity index is 1420. The van der Waals surface area contributed by atoms with Gasteiger partial charge in [-0.05, 0) is 65.4 Å². The number of hydrogen-bond acceptors (Lipinski definition) is 5. The van der Waals surface area contributed by atoms with Gasteiger partial charge in [-0.25, -0.2) is 8.78 Å². The zero-order valence-electron chi connectivity index (χ0n) is 23.1. The molecule has 1 amide bonds. The molecule has 3 aromatic rings. The molecule has 2 unspecified atom stereocenters. The molecule has 2 N–H and O–H groups in total. The monoisotopic (exact) mass is 571 g/mol. The van der Waals surface area contributed by atoms with Crippen molar-refractivity contribution in [1.29, 1.82) is 0 Å². The second kappa shape index (κ2) is 12.0. The van der Waals surface area contributed by atoms with E-state index in [1.807, 2.05) is 57.3 Å². The number of carbonyl (C=O) groups is 2. The molecule has 40 heavy (non-hydrogen) atoms. The molecule has 1 aliphatic rings. The molecular formula is C30H35F2N3O4S. The van der Waals surface area contributed by atoms with Crippen molar-refractivity contribution in [2.75, 3.05) is 13.1 Å². The van der Waals surface area contributed by atoms with Gasteiger partial charge in [0.2, 0.25) is 5.91 Å². The summed E-state index contributed by atoms with van der Waals surface area (Å²) >= 11 is 1.49. The van der Waals surface area contributed by atoms with Crippen LogP contribution in [0.15, 0.2) is 52.8 Å². The van der Waals surface area contributed by atoms with E-state index in [1.165, 1.54) is 22.0 Å². The van der Waals surface area contributed by atoms with Gasteiger partial charge in [0, 0.05) is 23.7 Å². The van der Waals surface area contributed by atoms with Crippen molar-refractivity contribution in [3.05, 3.63) is 80.6 Å². The molecular weight excluding hydrogens is 536 g/mol. The zero-order chi connectivity index (χ0) is 29.2. The Kier molecular flexibility index (Phi) is 8.90. The number of pyridine rings is 1. The average molecular weight is 572 g/mol. The second-order valence-corrected chi connectivity index (χ2v) is 12.0. The molecule has 2 aromatic heterocycles. The van der Waals surface area contributed by atoms with Crippen molar-refractivity contribution in [2.45, 2.75) is 65.1 Å². The van der Waals surface area contributed by atoms with Crippen molar-refractivity contribution in [1.82, 2.24) is 14.8 Å². The first-order chi connectivity index (χ1) is 18.8. The van der Waals surface area contributed by atoms with Crippen LogP contribution in [0.5, 0.6) is 0 Å². The standard InChI is InChI=1S/C30H35F2N3O4S/c1-18(2)10-24(35-14-21(8-9-26(35)36)13-34-16-30(31,32)17-34)29(39)33-23(12-27(37)38)22-11-25(40-15-22)28-19(3)6-5-7-20(28)4/h5-9,11,14-15,18,23-24H,10,12-13,16-17H2,1-4H3,(H,33,39)(H,37,38). The highest BCUT2D eigenvalue weighted by Crippen LogP contribution is 2.35. The van der Waals surface area contributed by atoms with Crippen molar-refractivity contribution < 1.29 is 23.5 Å². The Morgan fingerprint density at radius 1 is 1.12 bits per heavy atom. The smallest absolute Gasteiger partial charge is 0.305 e. The predicted molar refractivity (Wildman–Crippen MR) is 152 cm³/mol. The maximum absolute atomic E-state index is 13.7. The van der Waals surface area contributed by atoms with E-state index >= 15 is 0 Å². The normalized spacial score (nSPS) is 16.4. The number of carboxylic acid groups (broad SMARTS) is 1. The molecule has 2 atom stereocenters. The minimum atomic E-state index is -2.70. The van der Waals surface area contributed by atoms with Gasteiger partial charge in [0.15, 0.2) is 0 Å². The predicted octanol–water partition coefficient (Wildman–Crippen LogP) is 5.56. The van der Waals surface area contributed by atoms with Gasteiger partial charge in [0.1, 0.15) is 6.04 Å². The number of halogens is 2.